The number of hydrogen-bond acceptors (Lipinski definition) is 9. The molecule has 10 heteroatoms. The van der Waals surface area contributed by atoms with Crippen LogP contribution in [0.15, 0.2) is 41.0 Å². The Morgan fingerprint density at radius 2 is 2.22 bits per heavy atom. The molecule has 0 aliphatic carbocycles. The molecule has 9 nitrogen and oxygen atoms in total. The number of nitrogens with one attached hydrogen (secondary N) is 2. The van der Waals surface area contributed by atoms with Crippen LogP contribution in [0.5, 0.6) is 5.75 Å². The van der Waals surface area contributed by atoms with Crippen molar-refractivity contribution in [2.45, 2.75) is 44.8 Å². The molecular weight excluding hydrogens is 413 g/mol. The molecular formula is C22H28FN7O2. The zero-order chi connectivity index (χ0) is 22.5. The lowest BCUT2D eigenvalue weighted by atomic mass is 10.0. The van der Waals surface area contributed by atoms with Gasteiger partial charge in [-0.3, -0.25) is 0 Å². The molecule has 3 heterocycles. The molecule has 1 saturated heterocycles. The van der Waals surface area contributed by atoms with Crippen molar-refractivity contribution in [3.63, 3.8) is 0 Å². The van der Waals surface area contributed by atoms with E-state index in [0.717, 1.165) is 31.6 Å². The SMILES string of the molecule is CCC(C1CCCN1)N(Cc1ccco1)c1nc(N)nc(Nc2ccc(OC)c(F)c2)n1. The number of ether oxygens (including phenoxy) is 1. The van der Waals surface area contributed by atoms with E-state index in [1.807, 2.05) is 12.1 Å². The highest BCUT2D eigenvalue weighted by Gasteiger charge is 2.31. The van der Waals surface area contributed by atoms with Crippen LogP contribution < -0.4 is 26.0 Å². The van der Waals surface area contributed by atoms with Gasteiger partial charge in [-0.2, -0.15) is 15.0 Å². The lowest BCUT2D eigenvalue weighted by Gasteiger charge is -2.34. The third-order valence-electron chi connectivity index (χ3n) is 5.59. The molecule has 32 heavy (non-hydrogen) atoms. The quantitative estimate of drug-likeness (QED) is 0.459. The second-order valence-corrected chi connectivity index (χ2v) is 7.68. The largest absolute Gasteiger partial charge is 0.494 e. The average Bonchev–Trinajstić information content (AvgIpc) is 3.48. The number of benzene rings is 1. The van der Waals surface area contributed by atoms with E-state index in [1.54, 1.807) is 12.3 Å². The molecule has 0 saturated carbocycles. The molecule has 3 aromatic rings. The minimum absolute atomic E-state index is 0.0742. The van der Waals surface area contributed by atoms with Gasteiger partial charge in [-0.05, 0) is 50.1 Å². The molecule has 0 amide bonds. The van der Waals surface area contributed by atoms with Gasteiger partial charge in [0.15, 0.2) is 11.6 Å². The van der Waals surface area contributed by atoms with E-state index in [0.29, 0.717) is 24.2 Å². The number of methoxy groups -OCH3 is 1. The van der Waals surface area contributed by atoms with Gasteiger partial charge in [-0.15, -0.1) is 0 Å². The number of nitrogen functional groups attached to an aromatic ring is 1. The first kappa shape index (κ1) is 21.8. The first-order valence-electron chi connectivity index (χ1n) is 10.7. The van der Waals surface area contributed by atoms with Crippen LogP contribution >= 0.6 is 0 Å². The van der Waals surface area contributed by atoms with Crippen molar-refractivity contribution < 1.29 is 13.5 Å². The minimum Gasteiger partial charge on any atom is -0.494 e. The Balaban J connectivity index is 1.65. The average molecular weight is 442 g/mol. The molecule has 2 aromatic heterocycles. The third kappa shape index (κ3) is 4.91. The van der Waals surface area contributed by atoms with Gasteiger partial charge in [0.2, 0.25) is 17.8 Å². The highest BCUT2D eigenvalue weighted by Crippen LogP contribution is 2.27. The van der Waals surface area contributed by atoms with E-state index in [2.05, 4.69) is 37.4 Å². The van der Waals surface area contributed by atoms with Gasteiger partial charge in [-0.1, -0.05) is 6.92 Å². The van der Waals surface area contributed by atoms with Crippen LogP contribution in [-0.2, 0) is 6.54 Å². The molecule has 1 aromatic carbocycles. The van der Waals surface area contributed by atoms with Crippen molar-refractivity contribution >= 4 is 23.5 Å². The monoisotopic (exact) mass is 441 g/mol. The van der Waals surface area contributed by atoms with Crippen LogP contribution in [0.4, 0.5) is 27.9 Å². The number of rotatable bonds is 9. The Kier molecular flexibility index (Phi) is 6.69. The van der Waals surface area contributed by atoms with Crippen LogP contribution in [0.2, 0.25) is 0 Å². The van der Waals surface area contributed by atoms with E-state index in [-0.39, 0.29) is 23.7 Å². The topological polar surface area (TPSA) is 114 Å². The molecule has 0 bridgehead atoms. The highest BCUT2D eigenvalue weighted by atomic mass is 19.1. The summed E-state index contributed by atoms with van der Waals surface area (Å²) < 4.78 is 24.7. The van der Waals surface area contributed by atoms with Crippen LogP contribution in [0.1, 0.15) is 31.9 Å². The second-order valence-electron chi connectivity index (χ2n) is 7.68. The molecule has 170 valence electrons. The van der Waals surface area contributed by atoms with Gasteiger partial charge >= 0.3 is 0 Å². The number of halogens is 1. The molecule has 4 N–H and O–H groups in total. The zero-order valence-electron chi connectivity index (χ0n) is 18.2. The first-order chi connectivity index (χ1) is 15.6. The molecule has 1 aliphatic heterocycles. The van der Waals surface area contributed by atoms with Crippen LogP contribution in [-0.4, -0.2) is 40.7 Å². The summed E-state index contributed by atoms with van der Waals surface area (Å²) in [6.45, 7) is 3.62. The van der Waals surface area contributed by atoms with Gasteiger partial charge in [0.25, 0.3) is 0 Å². The van der Waals surface area contributed by atoms with Crippen LogP contribution in [0, 0.1) is 5.82 Å². The number of aromatic nitrogens is 3. The molecule has 2 atom stereocenters. The Morgan fingerprint density at radius 1 is 1.34 bits per heavy atom. The number of hydrogen-bond donors (Lipinski definition) is 3. The Morgan fingerprint density at radius 3 is 2.88 bits per heavy atom. The van der Waals surface area contributed by atoms with Crippen molar-refractivity contribution in [3.8, 4) is 5.75 Å². The fourth-order valence-corrected chi connectivity index (χ4v) is 4.11. The summed E-state index contributed by atoms with van der Waals surface area (Å²) in [5.41, 5.74) is 6.51. The van der Waals surface area contributed by atoms with E-state index in [9.17, 15) is 4.39 Å². The number of anilines is 4. The summed E-state index contributed by atoms with van der Waals surface area (Å²) in [5.74, 6) is 1.21. The molecule has 1 aliphatic rings. The second kappa shape index (κ2) is 9.82. The van der Waals surface area contributed by atoms with Gasteiger partial charge in [-0.25, -0.2) is 4.39 Å². The van der Waals surface area contributed by atoms with Crippen LogP contribution in [0.25, 0.3) is 0 Å². The molecule has 0 spiro atoms. The highest BCUT2D eigenvalue weighted by molar-refractivity contribution is 5.57. The summed E-state index contributed by atoms with van der Waals surface area (Å²) >= 11 is 0. The van der Waals surface area contributed by atoms with Crippen molar-refractivity contribution in [2.75, 3.05) is 29.6 Å². The lowest BCUT2D eigenvalue weighted by molar-refractivity contribution is 0.386. The van der Waals surface area contributed by atoms with Crippen molar-refractivity contribution in [1.29, 1.82) is 0 Å². The minimum atomic E-state index is -0.488. The molecule has 1 fully saturated rings. The van der Waals surface area contributed by atoms with Crippen molar-refractivity contribution in [1.82, 2.24) is 20.3 Å². The van der Waals surface area contributed by atoms with E-state index in [1.165, 1.54) is 19.2 Å². The normalized spacial score (nSPS) is 16.7. The predicted molar refractivity (Wildman–Crippen MR) is 120 cm³/mol. The number of nitrogens with zero attached hydrogens (tertiary/aromatic N) is 4. The first-order valence-corrected chi connectivity index (χ1v) is 10.7. The van der Waals surface area contributed by atoms with Gasteiger partial charge in [0, 0.05) is 23.8 Å². The van der Waals surface area contributed by atoms with Gasteiger partial charge < -0.3 is 30.4 Å². The Bertz CT molecular complexity index is 1030. The van der Waals surface area contributed by atoms with E-state index in [4.69, 9.17) is 14.9 Å². The summed E-state index contributed by atoms with van der Waals surface area (Å²) in [6.07, 6.45) is 4.74. The maximum atomic E-state index is 14.1. The maximum Gasteiger partial charge on any atom is 0.233 e. The molecule has 0 radical (unpaired) electrons. The third-order valence-corrected chi connectivity index (χ3v) is 5.59. The summed E-state index contributed by atoms with van der Waals surface area (Å²) in [5, 5.41) is 6.59. The fraction of sp³-hybridized carbons (Fsp3) is 0.409. The number of furan rings is 1. The number of nitrogens with two attached hydrogens (primary N) is 1. The Labute approximate surface area is 186 Å². The van der Waals surface area contributed by atoms with Gasteiger partial charge in [0.1, 0.15) is 5.76 Å². The smallest absolute Gasteiger partial charge is 0.233 e. The summed E-state index contributed by atoms with van der Waals surface area (Å²) in [4.78, 5) is 15.3. The Hall–Kier alpha value is -3.40. The molecule has 2 unspecified atom stereocenters. The van der Waals surface area contributed by atoms with Crippen LogP contribution in [0.3, 0.4) is 0 Å². The summed E-state index contributed by atoms with van der Waals surface area (Å²) in [7, 11) is 1.42. The summed E-state index contributed by atoms with van der Waals surface area (Å²) in [6, 6.07) is 8.75. The van der Waals surface area contributed by atoms with E-state index < -0.39 is 5.82 Å². The van der Waals surface area contributed by atoms with Crippen molar-refractivity contribution in [2.24, 2.45) is 0 Å². The maximum absolute atomic E-state index is 14.1. The molecule has 4 rings (SSSR count). The standard InChI is InChI=1S/C22H28FN7O2/c1-3-18(17-7-4-10-25-17)30(13-15-6-5-11-32-15)22-28-20(24)27-21(29-22)26-14-8-9-19(31-2)16(23)12-14/h5-6,8-9,11-12,17-18,25H,3-4,7,10,13H2,1-2H3,(H3,24,26,27,28,29). The zero-order valence-corrected chi connectivity index (χ0v) is 18.2. The van der Waals surface area contributed by atoms with Crippen molar-refractivity contribution in [3.05, 3.63) is 48.2 Å². The van der Waals surface area contributed by atoms with Gasteiger partial charge in [0.05, 0.1) is 19.9 Å². The predicted octanol–water partition coefficient (Wildman–Crippen LogP) is 3.48. The van der Waals surface area contributed by atoms with E-state index >= 15 is 0 Å². The fourth-order valence-electron chi connectivity index (χ4n) is 4.11. The lowest BCUT2D eigenvalue weighted by Crippen LogP contribution is -2.48.